The van der Waals surface area contributed by atoms with E-state index in [1.165, 1.54) is 13.4 Å². The second-order valence-electron chi connectivity index (χ2n) is 2.93. The number of carbonyl (C=O) groups is 2. The van der Waals surface area contributed by atoms with Crippen LogP contribution in [0.25, 0.3) is 0 Å². The molecule has 0 saturated carbocycles. The first kappa shape index (κ1) is 7.90. The zero-order valence-electron chi connectivity index (χ0n) is 7.26. The van der Waals surface area contributed by atoms with Gasteiger partial charge in [-0.15, -0.1) is 0 Å². The number of hydrogen-bond acceptors (Lipinski definition) is 4. The molecular formula is C7H8N4O2. The van der Waals surface area contributed by atoms with Crippen LogP contribution >= 0.6 is 0 Å². The van der Waals surface area contributed by atoms with Crippen LogP contribution in [-0.2, 0) is 4.79 Å². The van der Waals surface area contributed by atoms with Gasteiger partial charge in [-0.3, -0.25) is 14.7 Å². The maximum atomic E-state index is 11.4. The lowest BCUT2D eigenvalue weighted by molar-refractivity contribution is -0.127. The Morgan fingerprint density at radius 3 is 2.77 bits per heavy atom. The van der Waals surface area contributed by atoms with Crippen molar-refractivity contribution < 1.29 is 9.59 Å². The van der Waals surface area contributed by atoms with Crippen molar-refractivity contribution in [3.63, 3.8) is 0 Å². The lowest BCUT2D eigenvalue weighted by atomic mass is 10.2. The molecular weight excluding hydrogens is 172 g/mol. The lowest BCUT2D eigenvalue weighted by Gasteiger charge is -2.23. The van der Waals surface area contributed by atoms with Crippen LogP contribution in [0.2, 0.25) is 0 Å². The molecule has 3 amide bonds. The van der Waals surface area contributed by atoms with Gasteiger partial charge in [-0.05, 0) is 0 Å². The molecule has 6 nitrogen and oxygen atoms in total. The molecule has 6 heteroatoms. The number of amidine groups is 1. The second kappa shape index (κ2) is 2.38. The van der Waals surface area contributed by atoms with Crippen molar-refractivity contribution in [2.45, 2.75) is 6.04 Å². The number of imide groups is 1. The third kappa shape index (κ3) is 0.947. The third-order valence-electron chi connectivity index (χ3n) is 2.06. The molecule has 2 heterocycles. The Morgan fingerprint density at radius 1 is 1.38 bits per heavy atom. The molecule has 2 aliphatic heterocycles. The summed E-state index contributed by atoms with van der Waals surface area (Å²) in [5.41, 5.74) is 0. The van der Waals surface area contributed by atoms with Crippen molar-refractivity contribution in [3.05, 3.63) is 0 Å². The van der Waals surface area contributed by atoms with Crippen molar-refractivity contribution in [3.8, 4) is 0 Å². The van der Waals surface area contributed by atoms with Crippen LogP contribution in [0, 0.1) is 0 Å². The van der Waals surface area contributed by atoms with Gasteiger partial charge in [0.15, 0.2) is 6.04 Å². The molecule has 0 spiro atoms. The SMILES string of the molecule is CN1C=NC2C(=O)N(C)C(=O)N=C21. The van der Waals surface area contributed by atoms with Crippen molar-refractivity contribution in [2.75, 3.05) is 14.1 Å². The van der Waals surface area contributed by atoms with Crippen LogP contribution in [0.4, 0.5) is 4.79 Å². The van der Waals surface area contributed by atoms with Gasteiger partial charge >= 0.3 is 6.03 Å². The number of carbonyl (C=O) groups excluding carboxylic acids is 2. The van der Waals surface area contributed by atoms with Crippen molar-refractivity contribution in [1.82, 2.24) is 9.80 Å². The van der Waals surface area contributed by atoms with Crippen LogP contribution in [0.1, 0.15) is 0 Å². The molecule has 68 valence electrons. The van der Waals surface area contributed by atoms with Gasteiger partial charge in [0, 0.05) is 14.1 Å². The first-order valence-corrected chi connectivity index (χ1v) is 3.77. The van der Waals surface area contributed by atoms with Gasteiger partial charge in [-0.1, -0.05) is 0 Å². The monoisotopic (exact) mass is 180 g/mol. The van der Waals surface area contributed by atoms with Gasteiger partial charge in [0.05, 0.1) is 6.34 Å². The molecule has 0 fully saturated rings. The summed E-state index contributed by atoms with van der Waals surface area (Å²) in [5.74, 6) is 0.0868. The van der Waals surface area contributed by atoms with Crippen LogP contribution < -0.4 is 0 Å². The Hall–Kier alpha value is -1.72. The summed E-state index contributed by atoms with van der Waals surface area (Å²) < 4.78 is 0. The smallest absolute Gasteiger partial charge is 0.322 e. The van der Waals surface area contributed by atoms with E-state index in [-0.39, 0.29) is 5.91 Å². The molecule has 0 aromatic heterocycles. The van der Waals surface area contributed by atoms with Gasteiger partial charge in [0.1, 0.15) is 5.84 Å². The predicted octanol–water partition coefficient (Wildman–Crippen LogP) is -0.681. The first-order chi connectivity index (χ1) is 6.11. The molecule has 13 heavy (non-hydrogen) atoms. The van der Waals surface area contributed by atoms with Crippen LogP contribution in [0.3, 0.4) is 0 Å². The first-order valence-electron chi connectivity index (χ1n) is 3.77. The van der Waals surface area contributed by atoms with Gasteiger partial charge < -0.3 is 4.90 Å². The minimum Gasteiger partial charge on any atom is -0.322 e. The summed E-state index contributed by atoms with van der Waals surface area (Å²) in [7, 11) is 3.10. The van der Waals surface area contributed by atoms with Gasteiger partial charge in [0.25, 0.3) is 5.91 Å². The van der Waals surface area contributed by atoms with E-state index in [9.17, 15) is 9.59 Å². The van der Waals surface area contributed by atoms with Gasteiger partial charge in [-0.2, -0.15) is 4.99 Å². The highest BCUT2D eigenvalue weighted by atomic mass is 16.2. The molecule has 0 bridgehead atoms. The van der Waals surface area contributed by atoms with Crippen molar-refractivity contribution in [2.24, 2.45) is 9.98 Å². The average molecular weight is 180 g/mol. The van der Waals surface area contributed by atoms with E-state index in [1.54, 1.807) is 11.9 Å². The molecule has 0 radical (unpaired) electrons. The molecule has 0 aromatic carbocycles. The molecule has 2 aliphatic rings. The van der Waals surface area contributed by atoms with Gasteiger partial charge in [0.2, 0.25) is 0 Å². The number of rotatable bonds is 0. The molecule has 0 N–H and O–H groups in total. The topological polar surface area (TPSA) is 65.3 Å². The van der Waals surface area contributed by atoms with Crippen LogP contribution in [-0.4, -0.2) is 54.0 Å². The number of likely N-dealkylation sites (N-methyl/N-ethyl adjacent to an activating group) is 2. The molecule has 1 unspecified atom stereocenters. The molecule has 0 aromatic rings. The van der Waals surface area contributed by atoms with E-state index < -0.39 is 12.1 Å². The maximum Gasteiger partial charge on any atom is 0.351 e. The van der Waals surface area contributed by atoms with E-state index in [1.807, 2.05) is 0 Å². The highest BCUT2D eigenvalue weighted by Gasteiger charge is 2.39. The van der Waals surface area contributed by atoms with E-state index in [0.717, 1.165) is 4.90 Å². The number of nitrogens with zero attached hydrogens (tertiary/aromatic N) is 4. The standard InChI is InChI=1S/C7H8N4O2/c1-10-3-8-4-5(10)9-7(13)11(2)6(4)12/h3-4H,1-2H3. The fraction of sp³-hybridized carbons (Fsp3) is 0.429. The van der Waals surface area contributed by atoms with Crippen molar-refractivity contribution in [1.29, 1.82) is 0 Å². The third-order valence-corrected chi connectivity index (χ3v) is 2.06. The molecule has 0 aliphatic carbocycles. The summed E-state index contributed by atoms with van der Waals surface area (Å²) in [6.45, 7) is 0. The zero-order chi connectivity index (χ0) is 9.59. The van der Waals surface area contributed by atoms with E-state index in [0.29, 0.717) is 5.84 Å². The maximum absolute atomic E-state index is 11.4. The zero-order valence-corrected chi connectivity index (χ0v) is 7.26. The number of hydrogen-bond donors (Lipinski definition) is 0. The Morgan fingerprint density at radius 2 is 2.08 bits per heavy atom. The Bertz CT molecular complexity index is 346. The van der Waals surface area contributed by atoms with E-state index in [4.69, 9.17) is 0 Å². The lowest BCUT2D eigenvalue weighted by Crippen LogP contribution is -2.48. The van der Waals surface area contributed by atoms with Crippen LogP contribution in [0.15, 0.2) is 9.98 Å². The Labute approximate surface area is 74.6 Å². The second-order valence-corrected chi connectivity index (χ2v) is 2.93. The fourth-order valence-corrected chi connectivity index (χ4v) is 1.25. The van der Waals surface area contributed by atoms with E-state index in [2.05, 4.69) is 9.98 Å². The van der Waals surface area contributed by atoms with E-state index >= 15 is 0 Å². The normalized spacial score (nSPS) is 26.6. The Kier molecular flexibility index (Phi) is 1.45. The minimum atomic E-state index is -0.618. The summed E-state index contributed by atoms with van der Waals surface area (Å²) in [4.78, 5) is 32.8. The quantitative estimate of drug-likeness (QED) is 0.496. The highest BCUT2D eigenvalue weighted by Crippen LogP contribution is 2.14. The summed E-state index contributed by atoms with van der Waals surface area (Å²) in [6.07, 6.45) is 1.49. The highest BCUT2D eigenvalue weighted by molar-refractivity contribution is 6.22. The number of amides is 3. The summed E-state index contributed by atoms with van der Waals surface area (Å²) >= 11 is 0. The average Bonchev–Trinajstić information content (AvgIpc) is 2.45. The number of fused-ring (bicyclic) bond motifs is 1. The predicted molar refractivity (Wildman–Crippen MR) is 45.6 cm³/mol. The van der Waals surface area contributed by atoms with Gasteiger partial charge in [-0.25, -0.2) is 4.79 Å². The number of aliphatic imine (C=N–C) groups is 2. The molecule has 0 saturated heterocycles. The van der Waals surface area contributed by atoms with Crippen LogP contribution in [0.5, 0.6) is 0 Å². The molecule has 1 atom stereocenters. The minimum absolute atomic E-state index is 0.324. The summed E-state index contributed by atoms with van der Waals surface area (Å²) in [6, 6.07) is -1.15. The largest absolute Gasteiger partial charge is 0.351 e. The van der Waals surface area contributed by atoms with Crippen molar-refractivity contribution >= 4 is 24.1 Å². The Balaban J connectivity index is 2.45. The number of urea groups is 1. The molecule has 2 rings (SSSR count). The summed E-state index contributed by atoms with van der Waals surface area (Å²) in [5, 5.41) is 0. The fourth-order valence-electron chi connectivity index (χ4n) is 1.25.